The van der Waals surface area contributed by atoms with Gasteiger partial charge in [-0.25, -0.2) is 0 Å². The Balaban J connectivity index is 2.70. The van der Waals surface area contributed by atoms with Gasteiger partial charge in [0.2, 0.25) is 5.91 Å². The molecule has 1 aromatic carbocycles. The number of hydrogen-bond acceptors (Lipinski definition) is 4. The van der Waals surface area contributed by atoms with Crippen molar-refractivity contribution in [2.24, 2.45) is 0 Å². The second-order valence-corrected chi connectivity index (χ2v) is 4.72. The van der Waals surface area contributed by atoms with Crippen LogP contribution in [0.25, 0.3) is 0 Å². The molecule has 2 amide bonds. The van der Waals surface area contributed by atoms with Crippen LogP contribution >= 0.6 is 0 Å². The van der Waals surface area contributed by atoms with Crippen molar-refractivity contribution in [3.63, 3.8) is 0 Å². The van der Waals surface area contributed by atoms with Gasteiger partial charge in [0.1, 0.15) is 0 Å². The number of amides is 2. The molecule has 1 atom stereocenters. The molecule has 1 unspecified atom stereocenters. The van der Waals surface area contributed by atoms with Crippen LogP contribution in [0.15, 0.2) is 30.3 Å². The summed E-state index contributed by atoms with van der Waals surface area (Å²) < 4.78 is 0. The fourth-order valence-electron chi connectivity index (χ4n) is 1.74. The van der Waals surface area contributed by atoms with Gasteiger partial charge >= 0.3 is 5.97 Å². The summed E-state index contributed by atoms with van der Waals surface area (Å²) >= 11 is 0. The summed E-state index contributed by atoms with van der Waals surface area (Å²) in [5.41, 5.74) is -0.590. The van der Waals surface area contributed by atoms with Crippen molar-refractivity contribution in [1.82, 2.24) is 16.0 Å². The highest BCUT2D eigenvalue weighted by Crippen LogP contribution is 2.02. The van der Waals surface area contributed by atoms with Crippen LogP contribution in [0.5, 0.6) is 0 Å². The predicted octanol–water partition coefficient (Wildman–Crippen LogP) is -0.171. The van der Waals surface area contributed by atoms with Crippen molar-refractivity contribution >= 4 is 17.8 Å². The van der Waals surface area contributed by atoms with Gasteiger partial charge in [-0.1, -0.05) is 30.3 Å². The van der Waals surface area contributed by atoms with Crippen molar-refractivity contribution in [2.45, 2.75) is 26.1 Å². The maximum Gasteiger partial charge on any atom is 0.317 e. The quantitative estimate of drug-likeness (QED) is 0.522. The van der Waals surface area contributed by atoms with Crippen LogP contribution in [0.2, 0.25) is 0 Å². The molecule has 1 rings (SSSR count). The molecule has 0 aliphatic heterocycles. The molecular formula is C14H19N3O4. The van der Waals surface area contributed by atoms with Gasteiger partial charge in [-0.3, -0.25) is 19.7 Å². The molecule has 0 heterocycles. The van der Waals surface area contributed by atoms with Gasteiger partial charge in [-0.05, 0) is 12.5 Å². The zero-order valence-corrected chi connectivity index (χ0v) is 12.0. The third kappa shape index (κ3) is 5.62. The number of carboxylic acids is 1. The number of hydrogen-bond donors (Lipinski definition) is 4. The summed E-state index contributed by atoms with van der Waals surface area (Å²) in [5.74, 6) is -2.07. The fraction of sp³-hybridized carbons (Fsp3) is 0.357. The van der Waals surface area contributed by atoms with Crippen LogP contribution in [0.1, 0.15) is 19.4 Å². The van der Waals surface area contributed by atoms with Crippen LogP contribution in [0.4, 0.5) is 0 Å². The van der Waals surface area contributed by atoms with Crippen LogP contribution in [0, 0.1) is 0 Å². The third-order valence-corrected chi connectivity index (χ3v) is 2.77. The Kier molecular flexibility index (Phi) is 5.86. The van der Waals surface area contributed by atoms with Crippen molar-refractivity contribution in [1.29, 1.82) is 0 Å². The Bertz CT molecular complexity index is 518. The summed E-state index contributed by atoms with van der Waals surface area (Å²) in [5, 5.41) is 16.3. The molecule has 0 bridgehead atoms. The summed E-state index contributed by atoms with van der Waals surface area (Å²) in [6.07, 6.45) is 0. The smallest absolute Gasteiger partial charge is 0.317 e. The van der Waals surface area contributed by atoms with Gasteiger partial charge in [0.15, 0.2) is 5.66 Å². The second kappa shape index (κ2) is 7.39. The maximum absolute atomic E-state index is 12.2. The highest BCUT2D eigenvalue weighted by atomic mass is 16.4. The van der Waals surface area contributed by atoms with Gasteiger partial charge in [0.05, 0.1) is 6.54 Å². The third-order valence-electron chi connectivity index (χ3n) is 2.77. The highest BCUT2D eigenvalue weighted by molar-refractivity contribution is 5.90. The Labute approximate surface area is 122 Å². The van der Waals surface area contributed by atoms with Gasteiger partial charge in [-0.15, -0.1) is 0 Å². The van der Waals surface area contributed by atoms with Crippen LogP contribution < -0.4 is 16.0 Å². The predicted molar refractivity (Wildman–Crippen MR) is 76.1 cm³/mol. The molecule has 0 aliphatic rings. The Hall–Kier alpha value is -2.41. The second-order valence-electron chi connectivity index (χ2n) is 4.72. The SMILES string of the molecule is CC(=O)NC(C)(NCC(=O)O)C(=O)NCc1ccccc1. The van der Waals surface area contributed by atoms with Crippen LogP contribution in [-0.4, -0.2) is 35.1 Å². The molecule has 7 heteroatoms. The summed E-state index contributed by atoms with van der Waals surface area (Å²) in [6.45, 7) is 2.50. The summed E-state index contributed by atoms with van der Waals surface area (Å²) in [6, 6.07) is 9.25. The van der Waals surface area contributed by atoms with Crippen molar-refractivity contribution in [2.75, 3.05) is 6.54 Å². The molecule has 21 heavy (non-hydrogen) atoms. The molecule has 4 N–H and O–H groups in total. The number of carbonyl (C=O) groups is 3. The normalized spacial score (nSPS) is 13.0. The zero-order chi connectivity index (χ0) is 15.9. The van der Waals surface area contributed by atoms with E-state index >= 15 is 0 Å². The first-order chi connectivity index (χ1) is 9.83. The topological polar surface area (TPSA) is 108 Å². The summed E-state index contributed by atoms with van der Waals surface area (Å²) in [4.78, 5) is 34.0. The average molecular weight is 293 g/mol. The maximum atomic E-state index is 12.2. The number of aliphatic carboxylic acids is 1. The van der Waals surface area contributed by atoms with Crippen LogP contribution in [-0.2, 0) is 20.9 Å². The van der Waals surface area contributed by atoms with Crippen molar-refractivity contribution in [3.05, 3.63) is 35.9 Å². The lowest BCUT2D eigenvalue weighted by atomic mass is 10.1. The van der Waals surface area contributed by atoms with Crippen LogP contribution in [0.3, 0.4) is 0 Å². The van der Waals surface area contributed by atoms with Gasteiger partial charge in [-0.2, -0.15) is 0 Å². The fourth-order valence-corrected chi connectivity index (χ4v) is 1.74. The Morgan fingerprint density at radius 3 is 2.33 bits per heavy atom. The minimum Gasteiger partial charge on any atom is -0.480 e. The number of benzene rings is 1. The van der Waals surface area contributed by atoms with E-state index in [2.05, 4.69) is 16.0 Å². The standard InChI is InChI=1S/C14H19N3O4/c1-10(18)17-14(2,16-9-12(19)20)13(21)15-8-11-6-4-3-5-7-11/h3-7,16H,8-9H2,1-2H3,(H,15,21)(H,17,18)(H,19,20). The molecule has 0 saturated heterocycles. The van der Waals surface area contributed by atoms with Crippen molar-refractivity contribution < 1.29 is 19.5 Å². The number of rotatable bonds is 7. The minimum atomic E-state index is -1.49. The van der Waals surface area contributed by atoms with E-state index in [9.17, 15) is 14.4 Å². The molecule has 0 aliphatic carbocycles. The van der Waals surface area contributed by atoms with E-state index in [1.807, 2.05) is 30.3 Å². The van der Waals surface area contributed by atoms with E-state index in [0.717, 1.165) is 5.56 Å². The lowest BCUT2D eigenvalue weighted by Crippen LogP contribution is -2.65. The average Bonchev–Trinajstić information content (AvgIpc) is 2.43. The van der Waals surface area contributed by atoms with Crippen molar-refractivity contribution in [3.8, 4) is 0 Å². The minimum absolute atomic E-state index is 0.281. The Morgan fingerprint density at radius 1 is 1.19 bits per heavy atom. The molecule has 0 radical (unpaired) electrons. The lowest BCUT2D eigenvalue weighted by Gasteiger charge is -2.29. The van der Waals surface area contributed by atoms with E-state index in [0.29, 0.717) is 0 Å². The first-order valence-electron chi connectivity index (χ1n) is 6.41. The number of nitrogens with one attached hydrogen (secondary N) is 3. The first-order valence-corrected chi connectivity index (χ1v) is 6.41. The number of carboxylic acid groups (broad SMARTS) is 1. The number of carbonyl (C=O) groups excluding carboxylic acids is 2. The van der Waals surface area contributed by atoms with E-state index in [1.165, 1.54) is 13.8 Å². The lowest BCUT2D eigenvalue weighted by molar-refractivity contribution is -0.139. The first kappa shape index (κ1) is 16.6. The van der Waals surface area contributed by atoms with E-state index in [1.54, 1.807) is 0 Å². The monoisotopic (exact) mass is 293 g/mol. The van der Waals surface area contributed by atoms with Gasteiger partial charge < -0.3 is 15.7 Å². The van der Waals surface area contributed by atoms with E-state index in [-0.39, 0.29) is 6.54 Å². The Morgan fingerprint density at radius 2 is 1.81 bits per heavy atom. The molecule has 0 fully saturated rings. The highest BCUT2D eigenvalue weighted by Gasteiger charge is 2.33. The van der Waals surface area contributed by atoms with E-state index < -0.39 is 30.0 Å². The van der Waals surface area contributed by atoms with E-state index in [4.69, 9.17) is 5.11 Å². The molecule has 0 aromatic heterocycles. The van der Waals surface area contributed by atoms with Gasteiger partial charge in [0, 0.05) is 13.5 Å². The zero-order valence-electron chi connectivity index (χ0n) is 12.0. The largest absolute Gasteiger partial charge is 0.480 e. The molecular weight excluding hydrogens is 274 g/mol. The summed E-state index contributed by atoms with van der Waals surface area (Å²) in [7, 11) is 0. The molecule has 0 spiro atoms. The molecule has 7 nitrogen and oxygen atoms in total. The molecule has 114 valence electrons. The molecule has 0 saturated carbocycles. The molecule has 1 aromatic rings. The van der Waals surface area contributed by atoms with Gasteiger partial charge in [0.25, 0.3) is 5.91 Å².